The van der Waals surface area contributed by atoms with E-state index in [9.17, 15) is 0 Å². The van der Waals surface area contributed by atoms with Crippen molar-refractivity contribution in [3.63, 3.8) is 0 Å². The van der Waals surface area contributed by atoms with E-state index < -0.39 is 0 Å². The van der Waals surface area contributed by atoms with E-state index in [0.29, 0.717) is 0 Å². The molecule has 98 valence electrons. The summed E-state index contributed by atoms with van der Waals surface area (Å²) in [4.78, 5) is 0. The second-order valence-electron chi connectivity index (χ2n) is 5.46. The first kappa shape index (κ1) is 14.5. The zero-order chi connectivity index (χ0) is 12.3. The average molecular weight is 234 g/mol. The molecule has 1 rings (SSSR count). The largest absolute Gasteiger partial charge is 0.0883 e. The first-order valence-corrected chi connectivity index (χ1v) is 7.70. The second kappa shape index (κ2) is 9.50. The molecule has 0 heteroatoms. The van der Waals surface area contributed by atoms with Crippen LogP contribution in [0.2, 0.25) is 0 Å². The van der Waals surface area contributed by atoms with Crippen molar-refractivity contribution in [1.29, 1.82) is 0 Å². The molecule has 0 amide bonds. The number of rotatable bonds is 7. The van der Waals surface area contributed by atoms with Crippen molar-refractivity contribution in [2.24, 2.45) is 11.8 Å². The monoisotopic (exact) mass is 234 g/mol. The van der Waals surface area contributed by atoms with Crippen molar-refractivity contribution < 1.29 is 0 Å². The van der Waals surface area contributed by atoms with Gasteiger partial charge in [-0.25, -0.2) is 0 Å². The van der Waals surface area contributed by atoms with E-state index >= 15 is 0 Å². The van der Waals surface area contributed by atoms with E-state index in [1.54, 1.807) is 0 Å². The van der Waals surface area contributed by atoms with Crippen LogP contribution in [-0.4, -0.2) is 0 Å². The standard InChI is InChI=1S/C17H30/c1-3-5-7-9-11-17-14-12-16(13-15-17)10-8-6-4-2/h8-11,16-17H,3-7,12-15H2,1-2H3. The molecule has 0 saturated heterocycles. The van der Waals surface area contributed by atoms with Crippen LogP contribution >= 0.6 is 0 Å². The zero-order valence-electron chi connectivity index (χ0n) is 11.8. The van der Waals surface area contributed by atoms with E-state index in [-0.39, 0.29) is 0 Å². The molecule has 0 heterocycles. The fourth-order valence-corrected chi connectivity index (χ4v) is 2.60. The van der Waals surface area contributed by atoms with Gasteiger partial charge in [0, 0.05) is 0 Å². The highest BCUT2D eigenvalue weighted by atomic mass is 14.2. The minimum absolute atomic E-state index is 0.877. The van der Waals surface area contributed by atoms with Gasteiger partial charge < -0.3 is 0 Å². The molecule has 1 aliphatic carbocycles. The molecule has 1 fully saturated rings. The lowest BCUT2D eigenvalue weighted by Crippen LogP contribution is -2.11. The Morgan fingerprint density at radius 3 is 1.76 bits per heavy atom. The minimum Gasteiger partial charge on any atom is -0.0883 e. The summed E-state index contributed by atoms with van der Waals surface area (Å²) >= 11 is 0. The third kappa shape index (κ3) is 6.71. The predicted molar refractivity (Wildman–Crippen MR) is 78.2 cm³/mol. The molecule has 0 aromatic heterocycles. The lowest BCUT2D eigenvalue weighted by Gasteiger charge is -2.24. The lowest BCUT2D eigenvalue weighted by atomic mass is 9.81. The van der Waals surface area contributed by atoms with Crippen LogP contribution < -0.4 is 0 Å². The Bertz CT molecular complexity index is 216. The van der Waals surface area contributed by atoms with Gasteiger partial charge in [-0.1, -0.05) is 57.4 Å². The number of hydrogen-bond acceptors (Lipinski definition) is 0. The van der Waals surface area contributed by atoms with Crippen LogP contribution in [0.25, 0.3) is 0 Å². The topological polar surface area (TPSA) is 0 Å². The normalized spacial score (nSPS) is 26.0. The Morgan fingerprint density at radius 2 is 1.29 bits per heavy atom. The number of allylic oxidation sites excluding steroid dienone is 4. The van der Waals surface area contributed by atoms with Gasteiger partial charge in [-0.05, 0) is 50.4 Å². The first-order chi connectivity index (χ1) is 8.36. The first-order valence-electron chi connectivity index (χ1n) is 7.70. The Labute approximate surface area is 108 Å². The summed E-state index contributed by atoms with van der Waals surface area (Å²) < 4.78 is 0. The Hall–Kier alpha value is -0.520. The summed E-state index contributed by atoms with van der Waals surface area (Å²) in [5, 5.41) is 0. The maximum absolute atomic E-state index is 2.49. The summed E-state index contributed by atoms with van der Waals surface area (Å²) in [6, 6.07) is 0. The number of unbranched alkanes of at least 4 members (excludes halogenated alkanes) is 3. The van der Waals surface area contributed by atoms with Crippen LogP contribution in [0.15, 0.2) is 24.3 Å². The van der Waals surface area contributed by atoms with Crippen molar-refractivity contribution in [3.8, 4) is 0 Å². The molecule has 0 aromatic carbocycles. The SMILES string of the molecule is CCCC=CC1CCC(C=CCCCC)CC1. The van der Waals surface area contributed by atoms with E-state index in [1.165, 1.54) is 57.8 Å². The molecule has 0 unspecified atom stereocenters. The summed E-state index contributed by atoms with van der Waals surface area (Å²) in [5.41, 5.74) is 0. The molecule has 0 nitrogen and oxygen atoms in total. The molecule has 0 aromatic rings. The van der Waals surface area contributed by atoms with Crippen molar-refractivity contribution in [1.82, 2.24) is 0 Å². The molecule has 0 bridgehead atoms. The molecule has 0 atom stereocenters. The van der Waals surface area contributed by atoms with Crippen molar-refractivity contribution in [3.05, 3.63) is 24.3 Å². The van der Waals surface area contributed by atoms with E-state index in [2.05, 4.69) is 38.2 Å². The molecule has 0 N–H and O–H groups in total. The van der Waals surface area contributed by atoms with Crippen LogP contribution in [0.3, 0.4) is 0 Å². The van der Waals surface area contributed by atoms with Gasteiger partial charge in [0.15, 0.2) is 0 Å². The fraction of sp³-hybridized carbons (Fsp3) is 0.765. The Morgan fingerprint density at radius 1 is 0.765 bits per heavy atom. The van der Waals surface area contributed by atoms with Gasteiger partial charge in [0.2, 0.25) is 0 Å². The number of hydrogen-bond donors (Lipinski definition) is 0. The van der Waals surface area contributed by atoms with Gasteiger partial charge in [0.05, 0.1) is 0 Å². The summed E-state index contributed by atoms with van der Waals surface area (Å²) in [6.07, 6.45) is 21.9. The highest BCUT2D eigenvalue weighted by molar-refractivity contribution is 4.96. The highest BCUT2D eigenvalue weighted by Crippen LogP contribution is 2.30. The van der Waals surface area contributed by atoms with Gasteiger partial charge in [0.1, 0.15) is 0 Å². The van der Waals surface area contributed by atoms with E-state index in [1.807, 2.05) is 0 Å². The van der Waals surface area contributed by atoms with Gasteiger partial charge in [-0.2, -0.15) is 0 Å². The average Bonchev–Trinajstić information content (AvgIpc) is 2.37. The minimum atomic E-state index is 0.877. The molecule has 0 radical (unpaired) electrons. The summed E-state index contributed by atoms with van der Waals surface area (Å²) in [6.45, 7) is 4.52. The molecule has 17 heavy (non-hydrogen) atoms. The van der Waals surface area contributed by atoms with Crippen molar-refractivity contribution in [2.45, 2.75) is 71.6 Å². The van der Waals surface area contributed by atoms with Crippen LogP contribution in [0, 0.1) is 11.8 Å². The molecule has 0 aliphatic heterocycles. The van der Waals surface area contributed by atoms with Crippen LogP contribution in [0.1, 0.15) is 71.6 Å². The van der Waals surface area contributed by atoms with E-state index in [4.69, 9.17) is 0 Å². The Balaban J connectivity index is 2.14. The zero-order valence-corrected chi connectivity index (χ0v) is 11.8. The van der Waals surface area contributed by atoms with Crippen LogP contribution in [0.4, 0.5) is 0 Å². The van der Waals surface area contributed by atoms with Crippen LogP contribution in [-0.2, 0) is 0 Å². The lowest BCUT2D eigenvalue weighted by molar-refractivity contribution is 0.355. The quantitative estimate of drug-likeness (QED) is 0.380. The molecule has 1 saturated carbocycles. The summed E-state index contributed by atoms with van der Waals surface area (Å²) in [7, 11) is 0. The third-order valence-corrected chi connectivity index (χ3v) is 3.81. The fourth-order valence-electron chi connectivity index (χ4n) is 2.60. The molecule has 1 aliphatic rings. The molecule has 0 spiro atoms. The van der Waals surface area contributed by atoms with Gasteiger partial charge in [0.25, 0.3) is 0 Å². The van der Waals surface area contributed by atoms with Gasteiger partial charge in [-0.15, -0.1) is 0 Å². The third-order valence-electron chi connectivity index (χ3n) is 3.81. The Kier molecular flexibility index (Phi) is 8.13. The molecular formula is C17H30. The van der Waals surface area contributed by atoms with Crippen molar-refractivity contribution >= 4 is 0 Å². The summed E-state index contributed by atoms with van der Waals surface area (Å²) in [5.74, 6) is 1.75. The van der Waals surface area contributed by atoms with E-state index in [0.717, 1.165) is 11.8 Å². The van der Waals surface area contributed by atoms with Gasteiger partial charge >= 0.3 is 0 Å². The van der Waals surface area contributed by atoms with Crippen LogP contribution in [0.5, 0.6) is 0 Å². The highest BCUT2D eigenvalue weighted by Gasteiger charge is 2.16. The predicted octanol–water partition coefficient (Wildman–Crippen LogP) is 5.90. The second-order valence-corrected chi connectivity index (χ2v) is 5.46. The van der Waals surface area contributed by atoms with Crippen molar-refractivity contribution in [2.75, 3.05) is 0 Å². The molecular weight excluding hydrogens is 204 g/mol. The van der Waals surface area contributed by atoms with Gasteiger partial charge in [-0.3, -0.25) is 0 Å². The maximum Gasteiger partial charge on any atom is -0.0233 e. The smallest absolute Gasteiger partial charge is 0.0233 e. The maximum atomic E-state index is 2.49.